The lowest BCUT2D eigenvalue weighted by Gasteiger charge is -2.30. The lowest BCUT2D eigenvalue weighted by molar-refractivity contribution is 0.365. The Morgan fingerprint density at radius 3 is 2.76 bits per heavy atom. The number of hydrogen-bond acceptors (Lipinski definition) is 5. The Morgan fingerprint density at radius 1 is 1.00 bits per heavy atom. The molecule has 0 aromatic carbocycles. The van der Waals surface area contributed by atoms with Crippen LogP contribution in [-0.4, -0.2) is 27.5 Å². The van der Waals surface area contributed by atoms with E-state index >= 15 is 0 Å². The van der Waals surface area contributed by atoms with E-state index in [2.05, 4.69) is 33.5 Å². The fourth-order valence-corrected chi connectivity index (χ4v) is 4.17. The zero-order valence-electron chi connectivity index (χ0n) is 16.8. The molecule has 2 atom stereocenters. The van der Waals surface area contributed by atoms with E-state index in [9.17, 15) is 0 Å². The Morgan fingerprint density at radius 2 is 1.90 bits per heavy atom. The average Bonchev–Trinajstić information content (AvgIpc) is 2.78. The number of fused-ring (bicyclic) bond motifs is 1. The lowest BCUT2D eigenvalue weighted by Crippen LogP contribution is -2.37. The highest BCUT2D eigenvalue weighted by Crippen LogP contribution is 2.29. The average molecular weight is 388 g/mol. The van der Waals surface area contributed by atoms with E-state index in [4.69, 9.17) is 10.7 Å². The normalized spacial score (nSPS) is 16.9. The second-order valence-electron chi connectivity index (χ2n) is 7.72. The van der Waals surface area contributed by atoms with Gasteiger partial charge in [0, 0.05) is 36.6 Å². The van der Waals surface area contributed by atoms with Crippen LogP contribution in [0.5, 0.6) is 0 Å². The maximum absolute atomic E-state index is 5.82. The first-order valence-corrected chi connectivity index (χ1v) is 10.6. The Balaban J connectivity index is 1.51. The Kier molecular flexibility index (Phi) is 6.60. The summed E-state index contributed by atoms with van der Waals surface area (Å²) in [5.74, 6) is 0. The van der Waals surface area contributed by atoms with Crippen molar-refractivity contribution in [3.8, 4) is 11.4 Å². The van der Waals surface area contributed by atoms with Crippen LogP contribution in [0.1, 0.15) is 48.7 Å². The van der Waals surface area contributed by atoms with Gasteiger partial charge in [-0.1, -0.05) is 18.2 Å². The molecule has 3 N–H and O–H groups in total. The summed E-state index contributed by atoms with van der Waals surface area (Å²) in [6, 6.07) is 17.0. The zero-order valence-corrected chi connectivity index (χ0v) is 16.8. The minimum absolute atomic E-state index is 0.307. The lowest BCUT2D eigenvalue weighted by atomic mass is 9.90. The molecule has 0 saturated heterocycles. The van der Waals surface area contributed by atoms with Crippen molar-refractivity contribution in [1.29, 1.82) is 0 Å². The van der Waals surface area contributed by atoms with Gasteiger partial charge in [0.05, 0.1) is 17.1 Å². The zero-order chi connectivity index (χ0) is 19.9. The summed E-state index contributed by atoms with van der Waals surface area (Å²) < 4.78 is 0. The molecule has 0 bridgehead atoms. The number of pyridine rings is 3. The summed E-state index contributed by atoms with van der Waals surface area (Å²) >= 11 is 0. The standard InChI is InChI=1S/C24H29N5/c25-14-5-10-20(29-23-13-3-7-18-8-6-16-27-24(18)23)17-19-9-4-12-22(28-19)21-11-1-2-15-26-21/h1-2,4,6,8-9,11-12,15-16,20,23,29H,3,5,7,10,13-14,17,25H2. The van der Waals surface area contributed by atoms with E-state index in [-0.39, 0.29) is 0 Å². The molecule has 1 aliphatic rings. The predicted molar refractivity (Wildman–Crippen MR) is 116 cm³/mol. The molecule has 3 heterocycles. The van der Waals surface area contributed by atoms with Crippen molar-refractivity contribution in [2.45, 2.75) is 50.6 Å². The van der Waals surface area contributed by atoms with Crippen molar-refractivity contribution in [3.05, 3.63) is 77.9 Å². The van der Waals surface area contributed by atoms with Crippen LogP contribution < -0.4 is 11.1 Å². The van der Waals surface area contributed by atoms with Crippen molar-refractivity contribution >= 4 is 0 Å². The van der Waals surface area contributed by atoms with Crippen LogP contribution in [-0.2, 0) is 12.8 Å². The quantitative estimate of drug-likeness (QED) is 0.614. The molecule has 0 saturated carbocycles. The first-order chi connectivity index (χ1) is 14.3. The highest BCUT2D eigenvalue weighted by Gasteiger charge is 2.24. The van der Waals surface area contributed by atoms with Gasteiger partial charge >= 0.3 is 0 Å². The van der Waals surface area contributed by atoms with Crippen LogP contribution >= 0.6 is 0 Å². The molecule has 150 valence electrons. The van der Waals surface area contributed by atoms with Crippen LogP contribution in [0.4, 0.5) is 0 Å². The van der Waals surface area contributed by atoms with Gasteiger partial charge in [0.15, 0.2) is 0 Å². The Labute approximate surface area is 172 Å². The number of nitrogens with zero attached hydrogens (tertiary/aromatic N) is 3. The summed E-state index contributed by atoms with van der Waals surface area (Å²) in [7, 11) is 0. The fourth-order valence-electron chi connectivity index (χ4n) is 4.17. The third-order valence-corrected chi connectivity index (χ3v) is 5.58. The number of nitrogens with two attached hydrogens (primary N) is 1. The largest absolute Gasteiger partial charge is 0.330 e. The highest BCUT2D eigenvalue weighted by atomic mass is 15.0. The number of rotatable bonds is 8. The summed E-state index contributed by atoms with van der Waals surface area (Å²) in [4.78, 5) is 14.0. The van der Waals surface area contributed by atoms with E-state index in [0.29, 0.717) is 18.6 Å². The number of hydrogen-bond donors (Lipinski definition) is 2. The van der Waals surface area contributed by atoms with E-state index in [1.54, 1.807) is 0 Å². The molecule has 3 aromatic rings. The van der Waals surface area contributed by atoms with E-state index < -0.39 is 0 Å². The maximum Gasteiger partial charge on any atom is 0.0889 e. The van der Waals surface area contributed by atoms with Gasteiger partial charge in [0.1, 0.15) is 0 Å². The number of nitrogens with one attached hydrogen (secondary N) is 1. The summed E-state index contributed by atoms with van der Waals surface area (Å²) in [6.45, 7) is 0.707. The smallest absolute Gasteiger partial charge is 0.0889 e. The predicted octanol–water partition coefficient (Wildman–Crippen LogP) is 3.86. The SMILES string of the molecule is NCCCC(Cc1cccc(-c2ccccn2)n1)NC1CCCc2cccnc21. The molecule has 0 spiro atoms. The van der Waals surface area contributed by atoms with Gasteiger partial charge in [-0.15, -0.1) is 0 Å². The molecule has 0 fully saturated rings. The van der Waals surface area contributed by atoms with Gasteiger partial charge in [-0.05, 0) is 74.5 Å². The van der Waals surface area contributed by atoms with Crippen LogP contribution in [0.25, 0.3) is 11.4 Å². The van der Waals surface area contributed by atoms with Crippen LogP contribution in [0.15, 0.2) is 60.9 Å². The van der Waals surface area contributed by atoms with Crippen LogP contribution in [0.2, 0.25) is 0 Å². The number of aromatic nitrogens is 3. The second kappa shape index (κ2) is 9.72. The van der Waals surface area contributed by atoms with Gasteiger partial charge in [0.2, 0.25) is 0 Å². The molecule has 5 heteroatoms. The second-order valence-corrected chi connectivity index (χ2v) is 7.72. The van der Waals surface area contributed by atoms with Crippen LogP contribution in [0.3, 0.4) is 0 Å². The molecule has 5 nitrogen and oxygen atoms in total. The molecule has 29 heavy (non-hydrogen) atoms. The maximum atomic E-state index is 5.82. The molecule has 2 unspecified atom stereocenters. The van der Waals surface area contributed by atoms with E-state index in [1.165, 1.54) is 17.7 Å². The van der Waals surface area contributed by atoms with Crippen molar-refractivity contribution in [2.24, 2.45) is 5.73 Å². The molecule has 4 rings (SSSR count). The molecular weight excluding hydrogens is 358 g/mol. The Hall–Kier alpha value is -2.63. The van der Waals surface area contributed by atoms with Gasteiger partial charge in [-0.3, -0.25) is 15.0 Å². The minimum Gasteiger partial charge on any atom is -0.330 e. The van der Waals surface area contributed by atoms with Gasteiger partial charge in [0.25, 0.3) is 0 Å². The van der Waals surface area contributed by atoms with E-state index in [1.807, 2.05) is 42.7 Å². The molecule has 0 aliphatic heterocycles. The molecule has 0 amide bonds. The van der Waals surface area contributed by atoms with Crippen molar-refractivity contribution < 1.29 is 0 Å². The molecule has 3 aromatic heterocycles. The van der Waals surface area contributed by atoms with Gasteiger partial charge < -0.3 is 11.1 Å². The highest BCUT2D eigenvalue weighted by molar-refractivity contribution is 5.53. The summed E-state index contributed by atoms with van der Waals surface area (Å²) in [5.41, 5.74) is 11.3. The summed E-state index contributed by atoms with van der Waals surface area (Å²) in [6.07, 6.45) is 10.1. The first kappa shape index (κ1) is 19.7. The van der Waals surface area contributed by atoms with Gasteiger partial charge in [-0.25, -0.2) is 0 Å². The third-order valence-electron chi connectivity index (χ3n) is 5.58. The Bertz CT molecular complexity index is 912. The van der Waals surface area contributed by atoms with E-state index in [0.717, 1.165) is 49.2 Å². The van der Waals surface area contributed by atoms with Crippen molar-refractivity contribution in [1.82, 2.24) is 20.3 Å². The minimum atomic E-state index is 0.307. The van der Waals surface area contributed by atoms with Crippen molar-refractivity contribution in [3.63, 3.8) is 0 Å². The first-order valence-electron chi connectivity index (χ1n) is 10.6. The van der Waals surface area contributed by atoms with Crippen LogP contribution in [0, 0.1) is 0 Å². The monoisotopic (exact) mass is 387 g/mol. The molecular formula is C24H29N5. The van der Waals surface area contributed by atoms with Gasteiger partial charge in [-0.2, -0.15) is 0 Å². The third kappa shape index (κ3) is 5.05. The molecule has 1 aliphatic carbocycles. The number of aryl methyl sites for hydroxylation is 1. The van der Waals surface area contributed by atoms with Crippen molar-refractivity contribution in [2.75, 3.05) is 6.54 Å². The summed E-state index contributed by atoms with van der Waals surface area (Å²) in [5, 5.41) is 3.88. The molecule has 0 radical (unpaired) electrons. The fraction of sp³-hybridized carbons (Fsp3) is 0.375. The topological polar surface area (TPSA) is 76.7 Å².